The summed E-state index contributed by atoms with van der Waals surface area (Å²) >= 11 is 2.25. The topological polar surface area (TPSA) is 611 Å². The van der Waals surface area contributed by atoms with Crippen LogP contribution in [0.5, 0.6) is 0 Å². The zero-order valence-corrected chi connectivity index (χ0v) is 91.2. The molecule has 8 amide bonds. The van der Waals surface area contributed by atoms with Gasteiger partial charge in [0.25, 0.3) is 0 Å². The summed E-state index contributed by atoms with van der Waals surface area (Å²) in [6.07, 6.45) is -1.44. The Labute approximate surface area is 856 Å². The molecule has 144 heavy (non-hydrogen) atoms. The van der Waals surface area contributed by atoms with Crippen molar-refractivity contribution in [2.45, 2.75) is 334 Å². The van der Waals surface area contributed by atoms with Crippen LogP contribution in [0.3, 0.4) is 0 Å². The Hall–Kier alpha value is -12.2. The number of aliphatic carboxylic acids is 1. The lowest BCUT2D eigenvalue weighted by atomic mass is 9.85. The number of imide groups is 1. The Morgan fingerprint density at radius 3 is 1.09 bits per heavy atom. The maximum absolute atomic E-state index is 12.6. The zero-order chi connectivity index (χ0) is 111. The lowest BCUT2D eigenvalue weighted by Gasteiger charge is -2.39. The largest absolute Gasteiger partial charge is 0.519 e. The molecule has 47 nitrogen and oxygen atoms in total. The number of carbonyl (C=O) groups excluding carboxylic acids is 16. The van der Waals surface area contributed by atoms with E-state index in [9.17, 15) is 86.6 Å². The van der Waals surface area contributed by atoms with Crippen LogP contribution in [0, 0.1) is 64.6 Å². The molecular formula is C96H153IN16O31. The molecule has 10 atom stereocenters. The molecule has 0 aromatic carbocycles. The number of hydrogen-bond acceptors (Lipinski definition) is 36. The molecule has 7 aliphatic heterocycles. The highest BCUT2D eigenvalue weighted by Crippen LogP contribution is 2.38. The number of nitrogens with one attached hydrogen (secondary N) is 1. The molecule has 48 heteroatoms. The third-order valence-corrected chi connectivity index (χ3v) is 23.3. The number of rotatable bonds is 12. The lowest BCUT2D eigenvalue weighted by molar-refractivity contribution is -0.150. The fourth-order valence-electron chi connectivity index (χ4n) is 12.0. The first kappa shape index (κ1) is 130. The van der Waals surface area contributed by atoms with E-state index in [0.717, 1.165) is 20.7 Å². The number of Topliss-reactive ketones (excluding diaryl/α,β-unsaturated/α-hetero) is 6. The van der Waals surface area contributed by atoms with Gasteiger partial charge in [0.15, 0.2) is 5.78 Å². The van der Waals surface area contributed by atoms with Crippen LogP contribution in [0.15, 0.2) is 18.6 Å². The summed E-state index contributed by atoms with van der Waals surface area (Å²) in [5.74, 6) is -2.05. The highest BCUT2D eigenvalue weighted by atomic mass is 127. The Kier molecular flexibility index (Phi) is 47.4. The Morgan fingerprint density at radius 1 is 0.486 bits per heavy atom. The van der Waals surface area contributed by atoms with Crippen molar-refractivity contribution in [3.8, 4) is 12.1 Å². The fourth-order valence-corrected chi connectivity index (χ4v) is 12.6. The van der Waals surface area contributed by atoms with Gasteiger partial charge in [0, 0.05) is 26.2 Å². The molecule has 4 fully saturated rings. The highest BCUT2D eigenvalue weighted by molar-refractivity contribution is 14.1. The number of amides is 8. The van der Waals surface area contributed by atoms with Crippen molar-refractivity contribution in [1.29, 1.82) is 10.5 Å². The number of halogens is 1. The minimum atomic E-state index is -1.23. The van der Waals surface area contributed by atoms with E-state index in [0.29, 0.717) is 48.9 Å². The predicted octanol–water partition coefficient (Wildman–Crippen LogP) is 13.4. The molecule has 10 rings (SSSR count). The van der Waals surface area contributed by atoms with Crippen LogP contribution in [0.1, 0.15) is 260 Å². The van der Waals surface area contributed by atoms with Crippen LogP contribution in [0.2, 0.25) is 0 Å². The van der Waals surface area contributed by atoms with E-state index in [4.69, 9.17) is 69.1 Å². The van der Waals surface area contributed by atoms with Crippen molar-refractivity contribution in [1.82, 2.24) is 54.3 Å². The van der Waals surface area contributed by atoms with Crippen molar-refractivity contribution >= 4 is 136 Å². The number of alkyl carbamates (subject to hydrolysis) is 1. The van der Waals surface area contributed by atoms with Gasteiger partial charge in [-0.2, -0.15) is 25.8 Å². The second-order valence-electron chi connectivity index (χ2n) is 43.0. The number of nitrogens with zero attached hydrogens (tertiary/aromatic N) is 14. The molecule has 7 unspecified atom stereocenters. The summed E-state index contributed by atoms with van der Waals surface area (Å²) in [6.45, 7) is 60.2. The Balaban J connectivity index is 0.000000838. The van der Waals surface area contributed by atoms with Crippen molar-refractivity contribution in [2.24, 2.45) is 44.1 Å². The van der Waals surface area contributed by atoms with Crippen LogP contribution in [0.4, 0.5) is 59.3 Å². The van der Waals surface area contributed by atoms with Gasteiger partial charge >= 0.3 is 67.0 Å². The summed E-state index contributed by atoms with van der Waals surface area (Å²) < 4.78 is 61.8. The minimum Gasteiger partial charge on any atom is -0.481 e. The van der Waals surface area contributed by atoms with Crippen molar-refractivity contribution < 1.29 is 149 Å². The van der Waals surface area contributed by atoms with E-state index in [1.54, 1.807) is 154 Å². The van der Waals surface area contributed by atoms with Gasteiger partial charge in [0.2, 0.25) is 0 Å². The fraction of sp³-hybridized carbons (Fsp3) is 0.708. The number of cyclic esters (lactones) is 4. The average molecular weight is 2150 g/mol. The normalized spacial score (nSPS) is 21.5. The number of aliphatic hydroxyl groups excluding tert-OH is 2. The molecule has 3 aromatic rings. The summed E-state index contributed by atoms with van der Waals surface area (Å²) in [5, 5.41) is 58.5. The van der Waals surface area contributed by atoms with E-state index in [2.05, 4.69) is 52.7 Å². The van der Waals surface area contributed by atoms with E-state index in [1.165, 1.54) is 71.4 Å². The number of nitriles is 2. The van der Waals surface area contributed by atoms with Gasteiger partial charge in [-0.3, -0.25) is 72.1 Å². The van der Waals surface area contributed by atoms with Crippen LogP contribution < -0.4 is 20.9 Å². The lowest BCUT2D eigenvalue weighted by Crippen LogP contribution is -2.54. The van der Waals surface area contributed by atoms with Gasteiger partial charge in [-0.05, 0) is 258 Å². The van der Waals surface area contributed by atoms with Crippen LogP contribution in [-0.4, -0.2) is 290 Å². The van der Waals surface area contributed by atoms with E-state index < -0.39 is 140 Å². The van der Waals surface area contributed by atoms with Crippen LogP contribution in [0.25, 0.3) is 0 Å². The SMILES string of the molecule is C.CC(=O)C(C)(C#N)CO.CC(=O)C(C)(CN)CO.CC(=O)C(C)C#N.CC(=O)C1(C)CNC(=O)OC1.CC(=O)C1(C)COC(=O)N(C(=O)OC(C)(C)C)C1.CC(=O)C1(C)COC(=O)N(c2cnn3c2CN(C(=O)OC(C)(C)C)[C@@H](C)C3)C1.CC(C)(C)OC(=O)OC(=O)OC(C)(C)C.C[C@H]1Cn2ncc(I)c2CN1C(=O)OC(C)(C)C.C[C@H]1Cn2ncc(N3CC(C)(C(=O)O)COC3=O)c2CN1C(=O)OC(C)(C)C. The third kappa shape index (κ3) is 40.1. The van der Waals surface area contributed by atoms with Gasteiger partial charge in [-0.1, -0.05) is 7.43 Å². The second-order valence-corrected chi connectivity index (χ2v) is 44.2. The second kappa shape index (κ2) is 52.5. The third-order valence-electron chi connectivity index (χ3n) is 22.4. The molecule has 0 aliphatic carbocycles. The standard InChI is InChI=1S/C19H28N4O5.C18H26N4O6.C12H18IN3O2.C12H19NO5.C10H18O5.C7H11NO3.C6H13NO2.C6H9NO2.C5H7NO.CH4/c1-12-8-23-15(9-21(12)17(26)28-18(3,4)5)14(7-20-23)22-10-19(6,13(2)24)11-27-16(22)25;1-11-7-22-13(8-20(11)16(26)28-17(2,3)4)12(6-19-22)21-9-18(5,14(23)24)10-27-15(21)25;1-8-6-16-10(9(13)5-14-16)7-15(8)11(17)18-12(2,3)4;1-8(14)12(5)6-13(9(15)17-7-12)10(16)18-11(2,3)4;1-9(2,3)14-7(11)13-8(12)15-10(4,5)6;1-5(9)7(2)3-8-6(10)11-4-7;2*1-5(9)6(2,3-7)4-8;1-4(3-6)5(2)7;/h7,12H,8-11H2,1-6H3;6,11H,7-10H2,1-5H3,(H,23,24);5,8H,6-7H2,1-4H3;6-7H2,1-5H3;1-6H3;3-4H2,1-2H3,(H,8,10);8H,3-4,7H2,1-2H3;8H,4H2,1-2H3;4H,1-2H3;1H4/t12-,19?;11-,18?;8-;;;;;;;/m000......./s1. The number of ketones is 6. The van der Waals surface area contributed by atoms with Crippen molar-refractivity contribution in [2.75, 3.05) is 82.2 Å². The molecule has 6 N–H and O–H groups in total. The number of aliphatic hydroxyl groups is 2. The molecule has 0 saturated carbocycles. The van der Waals surface area contributed by atoms with Gasteiger partial charge in [-0.15, -0.1) is 0 Å². The molecule has 4 saturated heterocycles. The van der Waals surface area contributed by atoms with E-state index >= 15 is 0 Å². The molecule has 810 valence electrons. The molecule has 0 spiro atoms. The molecule has 3 aromatic heterocycles. The first-order chi connectivity index (χ1) is 65.0. The predicted molar refractivity (Wildman–Crippen MR) is 528 cm³/mol. The van der Waals surface area contributed by atoms with Crippen LogP contribution in [-0.2, 0) is 125 Å². The number of ether oxygens (including phenoxy) is 11. The zero-order valence-electron chi connectivity index (χ0n) is 89.1. The summed E-state index contributed by atoms with van der Waals surface area (Å²) in [7, 11) is 0. The Morgan fingerprint density at radius 2 is 0.812 bits per heavy atom. The molecule has 10 heterocycles. The summed E-state index contributed by atoms with van der Waals surface area (Å²) in [4.78, 5) is 204. The number of aromatic nitrogens is 6. The maximum atomic E-state index is 12.6. The number of carboxylic acids is 1. The number of anilines is 2. The number of nitrogens with two attached hydrogens (primary N) is 1. The number of hydrogen-bond donors (Lipinski definition) is 5. The first-order valence-corrected chi connectivity index (χ1v) is 47.0. The Bertz CT molecular complexity index is 4970. The van der Waals surface area contributed by atoms with Gasteiger partial charge in [0.05, 0.1) is 162 Å². The smallest absolute Gasteiger partial charge is 0.481 e. The minimum absolute atomic E-state index is 0. The molecule has 0 bridgehead atoms. The first-order valence-electron chi connectivity index (χ1n) is 45.9. The number of carbonyl (C=O) groups is 17. The monoisotopic (exact) mass is 2150 g/mol. The average Bonchev–Trinajstić information content (AvgIpc) is 1.60. The summed E-state index contributed by atoms with van der Waals surface area (Å²) in [5.41, 5.74) is -0.444. The molecule has 0 radical (unpaired) electrons. The highest BCUT2D eigenvalue weighted by Gasteiger charge is 2.49. The van der Waals surface area contributed by atoms with E-state index in [-0.39, 0.29) is 139 Å². The van der Waals surface area contributed by atoms with Gasteiger partial charge in [0.1, 0.15) is 106 Å². The molecule has 7 aliphatic rings. The van der Waals surface area contributed by atoms with Crippen molar-refractivity contribution in [3.05, 3.63) is 39.2 Å². The number of fused-ring (bicyclic) bond motifs is 3. The molecular weight excluding hydrogens is 2000 g/mol. The van der Waals surface area contributed by atoms with Gasteiger partial charge in [-0.25, -0.2) is 52.8 Å². The maximum Gasteiger partial charge on any atom is 0.519 e. The van der Waals surface area contributed by atoms with Crippen LogP contribution >= 0.6 is 22.6 Å². The van der Waals surface area contributed by atoms with E-state index in [1.807, 2.05) is 79.3 Å². The van der Waals surface area contributed by atoms with Gasteiger partial charge < -0.3 is 78.5 Å². The quantitative estimate of drug-likeness (QED) is 0.0486. The van der Waals surface area contributed by atoms with Crippen molar-refractivity contribution in [3.63, 3.8) is 0 Å². The number of carboxylic acid groups (broad SMARTS) is 1. The summed E-state index contributed by atoms with van der Waals surface area (Å²) in [6, 6.07) is 3.39.